The first-order valence-corrected chi connectivity index (χ1v) is 11.7. The molecule has 1 N–H and O–H groups in total. The molecule has 1 amide bonds. The average Bonchev–Trinajstić information content (AvgIpc) is 3.39. The van der Waals surface area contributed by atoms with E-state index in [2.05, 4.69) is 5.32 Å². The number of methoxy groups -OCH3 is 1. The maximum atomic E-state index is 12.9. The molecule has 0 saturated carbocycles. The Bertz CT molecular complexity index is 1170. The van der Waals surface area contributed by atoms with Crippen molar-refractivity contribution in [2.45, 2.75) is 25.3 Å². The Hall–Kier alpha value is -2.83. The molecule has 2 aromatic carbocycles. The third-order valence-electron chi connectivity index (χ3n) is 5.60. The highest BCUT2D eigenvalue weighted by Gasteiger charge is 2.35. The van der Waals surface area contributed by atoms with Crippen LogP contribution in [-0.4, -0.2) is 31.6 Å². The largest absolute Gasteiger partial charge is 0.497 e. The van der Waals surface area contributed by atoms with Crippen LogP contribution in [0.25, 0.3) is 10.1 Å². The zero-order valence-electron chi connectivity index (χ0n) is 17.8. The minimum atomic E-state index is -0.476. The summed E-state index contributed by atoms with van der Waals surface area (Å²) in [4.78, 5) is 26.3. The summed E-state index contributed by atoms with van der Waals surface area (Å²) < 4.78 is 11.7. The fraction of sp³-hybridized carbons (Fsp3) is 0.280. The summed E-state index contributed by atoms with van der Waals surface area (Å²) in [5, 5.41) is 4.40. The minimum Gasteiger partial charge on any atom is -0.497 e. The number of carbonyl (C=O) groups is 2. The molecule has 0 spiro atoms. The van der Waals surface area contributed by atoms with E-state index >= 15 is 0 Å². The Morgan fingerprint density at radius 3 is 2.75 bits per heavy atom. The standard InChI is InChI=1S/C25H24ClNO4S/c1-3-31-25(29)21(15-7-6-8-18(14-15)30-2)16-11-12-17(13-16)27-24(28)23-22(26)19-9-4-5-10-20(19)32-23/h4-12,14,16-17,21H,3,13H2,1-2H3,(H,27,28)/t16-,17+,21+/m0/s1. The molecule has 0 fully saturated rings. The van der Waals surface area contributed by atoms with Gasteiger partial charge in [0.2, 0.25) is 0 Å². The first-order chi connectivity index (χ1) is 15.5. The second kappa shape index (κ2) is 9.76. The fourth-order valence-corrected chi connectivity index (χ4v) is 5.52. The van der Waals surface area contributed by atoms with Crippen molar-refractivity contribution in [1.82, 2.24) is 5.32 Å². The van der Waals surface area contributed by atoms with Gasteiger partial charge in [-0.3, -0.25) is 9.59 Å². The van der Waals surface area contributed by atoms with E-state index in [4.69, 9.17) is 21.1 Å². The van der Waals surface area contributed by atoms with E-state index in [0.717, 1.165) is 15.6 Å². The zero-order chi connectivity index (χ0) is 22.7. The summed E-state index contributed by atoms with van der Waals surface area (Å²) in [5.74, 6) is -0.390. The number of hydrogen-bond donors (Lipinski definition) is 1. The van der Waals surface area contributed by atoms with Crippen LogP contribution in [0.5, 0.6) is 5.75 Å². The van der Waals surface area contributed by atoms with E-state index in [-0.39, 0.29) is 23.8 Å². The van der Waals surface area contributed by atoms with Crippen molar-refractivity contribution in [3.05, 3.63) is 76.1 Å². The summed E-state index contributed by atoms with van der Waals surface area (Å²) >= 11 is 7.84. The van der Waals surface area contributed by atoms with Crippen LogP contribution in [0.15, 0.2) is 60.7 Å². The van der Waals surface area contributed by atoms with Gasteiger partial charge in [0.15, 0.2) is 0 Å². The highest BCUT2D eigenvalue weighted by Crippen LogP contribution is 2.37. The Kier molecular flexibility index (Phi) is 6.82. The number of ether oxygens (including phenoxy) is 2. The number of amides is 1. The molecule has 7 heteroatoms. The van der Waals surface area contributed by atoms with Crippen molar-refractivity contribution in [2.24, 2.45) is 5.92 Å². The smallest absolute Gasteiger partial charge is 0.314 e. The minimum absolute atomic E-state index is 0.107. The first-order valence-electron chi connectivity index (χ1n) is 10.5. The molecule has 3 aromatic rings. The Morgan fingerprint density at radius 1 is 1.19 bits per heavy atom. The number of carbonyl (C=O) groups excluding carboxylic acids is 2. The van der Waals surface area contributed by atoms with Gasteiger partial charge in [-0.25, -0.2) is 0 Å². The van der Waals surface area contributed by atoms with Gasteiger partial charge >= 0.3 is 5.97 Å². The summed E-state index contributed by atoms with van der Waals surface area (Å²) in [6.45, 7) is 2.10. The number of allylic oxidation sites excluding steroid dienone is 1. The first kappa shape index (κ1) is 22.4. The van der Waals surface area contributed by atoms with Gasteiger partial charge in [0.05, 0.1) is 24.7 Å². The number of fused-ring (bicyclic) bond motifs is 1. The van der Waals surface area contributed by atoms with Crippen molar-refractivity contribution < 1.29 is 19.1 Å². The van der Waals surface area contributed by atoms with Crippen LogP contribution >= 0.6 is 22.9 Å². The molecule has 0 aliphatic heterocycles. The van der Waals surface area contributed by atoms with Crippen molar-refractivity contribution in [3.8, 4) is 5.75 Å². The third-order valence-corrected chi connectivity index (χ3v) is 7.27. The van der Waals surface area contributed by atoms with Crippen LogP contribution in [0.3, 0.4) is 0 Å². The molecule has 3 atom stereocenters. The summed E-state index contributed by atoms with van der Waals surface area (Å²) in [6, 6.07) is 15.0. The highest BCUT2D eigenvalue weighted by atomic mass is 35.5. The predicted octanol–water partition coefficient (Wildman–Crippen LogP) is 5.58. The van der Waals surface area contributed by atoms with Crippen molar-refractivity contribution in [3.63, 3.8) is 0 Å². The fourth-order valence-electron chi connectivity index (χ4n) is 4.10. The molecule has 1 aromatic heterocycles. The average molecular weight is 470 g/mol. The van der Waals surface area contributed by atoms with Crippen LogP contribution in [0, 0.1) is 5.92 Å². The molecule has 5 nitrogen and oxygen atoms in total. The summed E-state index contributed by atoms with van der Waals surface area (Å²) in [6.07, 6.45) is 4.52. The summed E-state index contributed by atoms with van der Waals surface area (Å²) in [7, 11) is 1.60. The second-order valence-electron chi connectivity index (χ2n) is 7.61. The molecule has 1 aliphatic carbocycles. The number of hydrogen-bond acceptors (Lipinski definition) is 5. The lowest BCUT2D eigenvalue weighted by Crippen LogP contribution is -2.33. The third kappa shape index (κ3) is 4.52. The normalized spacial score (nSPS) is 18.5. The molecule has 0 bridgehead atoms. The van der Waals surface area contributed by atoms with Crippen molar-refractivity contribution >= 4 is 44.9 Å². The molecule has 1 heterocycles. The lowest BCUT2D eigenvalue weighted by molar-refractivity contribution is -0.146. The Morgan fingerprint density at radius 2 is 2.00 bits per heavy atom. The number of benzene rings is 2. The van der Waals surface area contributed by atoms with E-state index < -0.39 is 5.92 Å². The van der Waals surface area contributed by atoms with Gasteiger partial charge in [0.1, 0.15) is 10.6 Å². The van der Waals surface area contributed by atoms with E-state index in [0.29, 0.717) is 28.7 Å². The lowest BCUT2D eigenvalue weighted by atomic mass is 9.85. The van der Waals surface area contributed by atoms with Crippen LogP contribution < -0.4 is 10.1 Å². The molecule has 1 aliphatic rings. The summed E-state index contributed by atoms with van der Waals surface area (Å²) in [5.41, 5.74) is 0.831. The van der Waals surface area contributed by atoms with Crippen molar-refractivity contribution in [2.75, 3.05) is 13.7 Å². The molecule has 32 heavy (non-hydrogen) atoms. The topological polar surface area (TPSA) is 64.6 Å². The van der Waals surface area contributed by atoms with Crippen molar-refractivity contribution in [1.29, 1.82) is 0 Å². The van der Waals surface area contributed by atoms with Gasteiger partial charge in [0.25, 0.3) is 5.91 Å². The van der Waals surface area contributed by atoms with E-state index in [1.165, 1.54) is 11.3 Å². The van der Waals surface area contributed by atoms with Gasteiger partial charge in [-0.2, -0.15) is 0 Å². The molecule has 166 valence electrons. The van der Waals surface area contributed by atoms with Gasteiger partial charge in [-0.15, -0.1) is 11.3 Å². The van der Waals surface area contributed by atoms with E-state index in [1.807, 2.05) is 60.7 Å². The van der Waals surface area contributed by atoms with Gasteiger partial charge in [-0.05, 0) is 43.0 Å². The molecule has 0 unspecified atom stereocenters. The number of esters is 1. The molecule has 0 radical (unpaired) electrons. The van der Waals surface area contributed by atoms with Gasteiger partial charge < -0.3 is 14.8 Å². The number of rotatable bonds is 7. The molecule has 0 saturated heterocycles. The van der Waals surface area contributed by atoms with Crippen LogP contribution in [-0.2, 0) is 9.53 Å². The highest BCUT2D eigenvalue weighted by molar-refractivity contribution is 7.21. The van der Waals surface area contributed by atoms with Gasteiger partial charge in [0, 0.05) is 16.1 Å². The van der Waals surface area contributed by atoms with Crippen LogP contribution in [0.1, 0.15) is 34.5 Å². The predicted molar refractivity (Wildman–Crippen MR) is 128 cm³/mol. The Labute approximate surface area is 196 Å². The maximum absolute atomic E-state index is 12.9. The van der Waals surface area contributed by atoms with Gasteiger partial charge in [-0.1, -0.05) is 54.1 Å². The van der Waals surface area contributed by atoms with Crippen LogP contribution in [0.4, 0.5) is 0 Å². The molecular formula is C25H24ClNO4S. The zero-order valence-corrected chi connectivity index (χ0v) is 19.4. The lowest BCUT2D eigenvalue weighted by Gasteiger charge is -2.23. The Balaban J connectivity index is 1.51. The SMILES string of the molecule is CCOC(=O)[C@H](c1cccc(OC)c1)[C@H]1C=C[C@@H](NC(=O)c2sc3ccccc3c2Cl)C1. The molecular weight excluding hydrogens is 446 g/mol. The molecule has 4 rings (SSSR count). The van der Waals surface area contributed by atoms with Crippen LogP contribution in [0.2, 0.25) is 5.02 Å². The van der Waals surface area contributed by atoms with E-state index in [9.17, 15) is 9.59 Å². The monoisotopic (exact) mass is 469 g/mol. The number of halogens is 1. The number of thiophene rings is 1. The number of nitrogens with one attached hydrogen (secondary N) is 1. The quantitative estimate of drug-likeness (QED) is 0.362. The van der Waals surface area contributed by atoms with E-state index in [1.54, 1.807) is 14.0 Å². The maximum Gasteiger partial charge on any atom is 0.314 e. The second-order valence-corrected chi connectivity index (χ2v) is 9.04.